The Labute approximate surface area is 148 Å². The van der Waals surface area contributed by atoms with E-state index in [2.05, 4.69) is 12.6 Å². The standard InChI is InChI=1S/C11H19NO9.C2H4OS/c1-4(14)12-8(5(15)2-6(16)11(20)21)10(19)9(18)7(17)3-13;1-2(3)4/h5,7-10,13,15,17-19H,2-3H2,1H3,(H,12,14)(H,20,21);1H3,(H,3,4)/t5-,7+,8+,9+,10+;/m0./s1. The van der Waals surface area contributed by atoms with E-state index in [0.717, 1.165) is 6.92 Å². The summed E-state index contributed by atoms with van der Waals surface area (Å²) in [5, 5.41) is 57.3. The second kappa shape index (κ2) is 12.7. The fraction of sp³-hybridized carbons (Fsp3) is 0.692. The number of amides is 1. The van der Waals surface area contributed by atoms with Gasteiger partial charge in [-0.2, -0.15) is 0 Å². The molecule has 0 saturated heterocycles. The monoisotopic (exact) mass is 385 g/mol. The first-order valence-corrected chi connectivity index (χ1v) is 7.35. The molecule has 7 N–H and O–H groups in total. The van der Waals surface area contributed by atoms with Crippen LogP contribution >= 0.6 is 12.6 Å². The highest BCUT2D eigenvalue weighted by molar-refractivity contribution is 7.96. The van der Waals surface area contributed by atoms with Gasteiger partial charge in [-0.05, 0) is 0 Å². The molecule has 0 aliphatic heterocycles. The molecule has 5 atom stereocenters. The van der Waals surface area contributed by atoms with Crippen LogP contribution in [0.4, 0.5) is 0 Å². The molecule has 0 heterocycles. The van der Waals surface area contributed by atoms with Gasteiger partial charge < -0.3 is 36.0 Å². The number of hydrogen-bond donors (Lipinski definition) is 8. The molecule has 0 aromatic rings. The fourth-order valence-corrected chi connectivity index (χ4v) is 1.60. The predicted molar refractivity (Wildman–Crippen MR) is 85.6 cm³/mol. The van der Waals surface area contributed by atoms with Crippen molar-refractivity contribution in [2.24, 2.45) is 0 Å². The van der Waals surface area contributed by atoms with Gasteiger partial charge in [0.05, 0.1) is 18.8 Å². The van der Waals surface area contributed by atoms with Crippen molar-refractivity contribution in [3.05, 3.63) is 0 Å². The molecule has 0 aliphatic carbocycles. The third-order valence-corrected chi connectivity index (χ3v) is 2.72. The van der Waals surface area contributed by atoms with Crippen molar-refractivity contribution in [1.82, 2.24) is 5.32 Å². The van der Waals surface area contributed by atoms with E-state index in [0.29, 0.717) is 0 Å². The quantitative estimate of drug-likeness (QED) is 0.145. The average molecular weight is 385 g/mol. The Hall–Kier alpha value is -1.57. The first-order valence-electron chi connectivity index (χ1n) is 6.90. The van der Waals surface area contributed by atoms with Crippen LogP contribution in [0.25, 0.3) is 0 Å². The van der Waals surface area contributed by atoms with Crippen LogP contribution in [0.3, 0.4) is 0 Å². The lowest BCUT2D eigenvalue weighted by Crippen LogP contribution is -2.57. The first-order chi connectivity index (χ1) is 11.3. The Kier molecular flexibility index (Phi) is 13.1. The van der Waals surface area contributed by atoms with Gasteiger partial charge in [0.1, 0.15) is 18.3 Å². The molecule has 0 fully saturated rings. The first kappa shape index (κ1) is 25.7. The number of hydrogen-bond acceptors (Lipinski definition) is 9. The number of rotatable bonds is 9. The Morgan fingerprint density at radius 3 is 1.72 bits per heavy atom. The molecule has 0 aromatic heterocycles. The number of ketones is 1. The summed E-state index contributed by atoms with van der Waals surface area (Å²) < 4.78 is 0. The summed E-state index contributed by atoms with van der Waals surface area (Å²) >= 11 is 3.33. The van der Waals surface area contributed by atoms with E-state index in [4.69, 9.17) is 10.2 Å². The molecule has 25 heavy (non-hydrogen) atoms. The Bertz CT molecular complexity index is 468. The van der Waals surface area contributed by atoms with Gasteiger partial charge in [-0.3, -0.25) is 14.4 Å². The molecule has 0 spiro atoms. The minimum absolute atomic E-state index is 0.139. The average Bonchev–Trinajstić information content (AvgIpc) is 2.49. The summed E-state index contributed by atoms with van der Waals surface area (Å²) in [5.41, 5.74) is 0. The lowest BCUT2D eigenvalue weighted by atomic mass is 9.94. The normalized spacial score (nSPS) is 16.3. The van der Waals surface area contributed by atoms with Crippen LogP contribution in [-0.2, 0) is 19.2 Å². The highest BCUT2D eigenvalue weighted by atomic mass is 32.1. The molecule has 0 rings (SSSR count). The van der Waals surface area contributed by atoms with Crippen molar-refractivity contribution in [1.29, 1.82) is 0 Å². The lowest BCUT2D eigenvalue weighted by Gasteiger charge is -2.32. The molecular formula is C13H23NO10S. The van der Waals surface area contributed by atoms with Crippen LogP contribution in [0.2, 0.25) is 0 Å². The number of carboxylic acid groups (broad SMARTS) is 1. The second-order valence-electron chi connectivity index (χ2n) is 4.98. The van der Waals surface area contributed by atoms with Gasteiger partial charge in [-0.1, -0.05) is 0 Å². The van der Waals surface area contributed by atoms with Gasteiger partial charge in [-0.25, -0.2) is 4.79 Å². The summed E-state index contributed by atoms with van der Waals surface area (Å²) in [6.45, 7) is 1.53. The summed E-state index contributed by atoms with van der Waals surface area (Å²) in [7, 11) is 0. The largest absolute Gasteiger partial charge is 0.475 e. The van der Waals surface area contributed by atoms with E-state index in [1.54, 1.807) is 0 Å². The molecule has 0 aromatic carbocycles. The van der Waals surface area contributed by atoms with Crippen LogP contribution in [0, 0.1) is 0 Å². The number of thiol groups is 1. The highest BCUT2D eigenvalue weighted by Crippen LogP contribution is 2.11. The topological polar surface area (TPSA) is 202 Å². The van der Waals surface area contributed by atoms with Gasteiger partial charge in [0.25, 0.3) is 0 Å². The van der Waals surface area contributed by atoms with E-state index in [1.807, 2.05) is 5.32 Å². The number of carboxylic acids is 1. The van der Waals surface area contributed by atoms with Crippen molar-refractivity contribution in [3.8, 4) is 0 Å². The maximum atomic E-state index is 11.0. The molecule has 146 valence electrons. The number of nitrogens with one attached hydrogen (secondary N) is 1. The highest BCUT2D eigenvalue weighted by Gasteiger charge is 2.37. The second-order valence-corrected chi connectivity index (χ2v) is 5.61. The molecule has 0 aliphatic rings. The van der Waals surface area contributed by atoms with Crippen LogP contribution in [-0.4, -0.2) is 90.5 Å². The summed E-state index contributed by atoms with van der Waals surface area (Å²) in [5.74, 6) is -3.89. The number of aliphatic hydroxyl groups is 5. The number of Topliss-reactive ketones (excluding diaryl/α,β-unsaturated/α-hetero) is 1. The maximum absolute atomic E-state index is 11.0. The van der Waals surface area contributed by atoms with Gasteiger partial charge in [-0.15, -0.1) is 12.6 Å². The Morgan fingerprint density at radius 2 is 1.40 bits per heavy atom. The summed E-state index contributed by atoms with van der Waals surface area (Å²) in [4.78, 5) is 41.8. The fourth-order valence-electron chi connectivity index (χ4n) is 1.60. The van der Waals surface area contributed by atoms with Gasteiger partial charge in [0.15, 0.2) is 5.12 Å². The Balaban J connectivity index is 0. The molecule has 1 amide bonds. The van der Waals surface area contributed by atoms with Crippen LogP contribution in [0.1, 0.15) is 20.3 Å². The minimum Gasteiger partial charge on any atom is -0.475 e. The third kappa shape index (κ3) is 11.6. The SMILES string of the molecule is CC(=O)N[C@@H]([C@@H](O)[C@H](O)[C@H](O)CO)[C@@H](O)CC(=O)C(=O)O.CC(=O)S. The molecular weight excluding hydrogens is 362 g/mol. The van der Waals surface area contributed by atoms with Crippen molar-refractivity contribution in [2.75, 3.05) is 6.61 Å². The number of aliphatic hydroxyl groups excluding tert-OH is 5. The van der Waals surface area contributed by atoms with E-state index in [9.17, 15) is 39.6 Å². The van der Waals surface area contributed by atoms with Gasteiger partial charge >= 0.3 is 5.97 Å². The number of carbonyl (C=O) groups excluding carboxylic acids is 3. The molecule has 0 radical (unpaired) electrons. The van der Waals surface area contributed by atoms with Crippen molar-refractivity contribution in [3.63, 3.8) is 0 Å². The van der Waals surface area contributed by atoms with E-state index >= 15 is 0 Å². The lowest BCUT2D eigenvalue weighted by molar-refractivity contribution is -0.151. The molecule has 0 unspecified atom stereocenters. The van der Waals surface area contributed by atoms with Gasteiger partial charge in [0.2, 0.25) is 11.7 Å². The predicted octanol–water partition coefficient (Wildman–Crippen LogP) is -3.57. The maximum Gasteiger partial charge on any atom is 0.372 e. The summed E-state index contributed by atoms with van der Waals surface area (Å²) in [6.07, 6.45) is -8.35. The molecule has 0 bridgehead atoms. The zero-order chi connectivity index (χ0) is 20.3. The molecule has 12 heteroatoms. The van der Waals surface area contributed by atoms with E-state index in [1.165, 1.54) is 6.92 Å². The van der Waals surface area contributed by atoms with Crippen LogP contribution in [0.15, 0.2) is 0 Å². The number of carbonyl (C=O) groups is 4. The van der Waals surface area contributed by atoms with Crippen molar-refractivity contribution >= 4 is 35.4 Å². The third-order valence-electron chi connectivity index (χ3n) is 2.72. The van der Waals surface area contributed by atoms with Crippen molar-refractivity contribution in [2.45, 2.75) is 50.7 Å². The minimum atomic E-state index is -1.94. The summed E-state index contributed by atoms with van der Waals surface area (Å²) in [6, 6.07) is -1.61. The van der Waals surface area contributed by atoms with Crippen molar-refractivity contribution < 1.29 is 49.8 Å². The smallest absolute Gasteiger partial charge is 0.372 e. The zero-order valence-corrected chi connectivity index (χ0v) is 14.5. The zero-order valence-electron chi connectivity index (χ0n) is 13.6. The Morgan fingerprint density at radius 1 is 0.960 bits per heavy atom. The number of aliphatic carboxylic acids is 1. The van der Waals surface area contributed by atoms with Gasteiger partial charge in [0, 0.05) is 20.3 Å². The van der Waals surface area contributed by atoms with E-state index in [-0.39, 0.29) is 5.12 Å². The van der Waals surface area contributed by atoms with E-state index < -0.39 is 61.1 Å². The molecule has 0 saturated carbocycles. The molecule has 11 nitrogen and oxygen atoms in total. The van der Waals surface area contributed by atoms with Crippen LogP contribution in [0.5, 0.6) is 0 Å². The van der Waals surface area contributed by atoms with Crippen LogP contribution < -0.4 is 5.32 Å².